The van der Waals surface area contributed by atoms with Gasteiger partial charge in [0.25, 0.3) is 5.91 Å². The van der Waals surface area contributed by atoms with Crippen LogP contribution in [0, 0.1) is 19.8 Å². The Kier molecular flexibility index (Phi) is 6.99. The van der Waals surface area contributed by atoms with Gasteiger partial charge in [-0.25, -0.2) is 0 Å². The smallest absolute Gasteiger partial charge is 0.258 e. The maximum Gasteiger partial charge on any atom is 0.258 e. The van der Waals surface area contributed by atoms with E-state index in [9.17, 15) is 4.79 Å². The molecule has 118 valence electrons. The molecule has 1 saturated heterocycles. The topological polar surface area (TPSA) is 50.4 Å². The highest BCUT2D eigenvalue weighted by Gasteiger charge is 2.22. The number of nitrogens with one attached hydrogen (secondary N) is 2. The lowest BCUT2D eigenvalue weighted by Gasteiger charge is -2.30. The van der Waals surface area contributed by atoms with Crippen LogP contribution in [0.5, 0.6) is 5.75 Å². The molecule has 5 heteroatoms. The molecule has 2 rings (SSSR count). The number of benzene rings is 1. The molecule has 0 bridgehead atoms. The lowest BCUT2D eigenvalue weighted by molar-refractivity contribution is -0.124. The van der Waals surface area contributed by atoms with E-state index in [-0.39, 0.29) is 31.0 Å². The van der Waals surface area contributed by atoms with Crippen molar-refractivity contribution in [2.24, 2.45) is 5.92 Å². The third-order valence-electron chi connectivity index (χ3n) is 3.86. The molecule has 2 N–H and O–H groups in total. The number of rotatable bonds is 4. The number of hydrogen-bond acceptors (Lipinski definition) is 3. The van der Waals surface area contributed by atoms with Crippen molar-refractivity contribution in [3.8, 4) is 5.75 Å². The summed E-state index contributed by atoms with van der Waals surface area (Å²) in [5, 5.41) is 6.35. The first-order valence-electron chi connectivity index (χ1n) is 7.26. The fourth-order valence-corrected chi connectivity index (χ4v) is 2.54. The van der Waals surface area contributed by atoms with Crippen LogP contribution in [0.25, 0.3) is 0 Å². The van der Waals surface area contributed by atoms with Gasteiger partial charge in [0.2, 0.25) is 0 Å². The number of halogens is 1. The van der Waals surface area contributed by atoms with Crippen LogP contribution >= 0.6 is 12.4 Å². The Morgan fingerprint density at radius 3 is 2.86 bits per heavy atom. The lowest BCUT2D eigenvalue weighted by atomic mass is 9.95. The van der Waals surface area contributed by atoms with Crippen molar-refractivity contribution in [3.05, 3.63) is 29.3 Å². The molecular weight excluding hydrogens is 288 g/mol. The quantitative estimate of drug-likeness (QED) is 0.896. The molecule has 0 aliphatic carbocycles. The second kappa shape index (κ2) is 8.25. The Hall–Kier alpha value is -1.26. The summed E-state index contributed by atoms with van der Waals surface area (Å²) in [7, 11) is 0. The summed E-state index contributed by atoms with van der Waals surface area (Å²) in [4.78, 5) is 11.9. The number of ether oxygens (including phenoxy) is 1. The van der Waals surface area contributed by atoms with Crippen LogP contribution in [0.4, 0.5) is 0 Å². The largest absolute Gasteiger partial charge is 0.484 e. The van der Waals surface area contributed by atoms with Gasteiger partial charge in [0.05, 0.1) is 0 Å². The van der Waals surface area contributed by atoms with Crippen molar-refractivity contribution < 1.29 is 9.53 Å². The van der Waals surface area contributed by atoms with E-state index >= 15 is 0 Å². The zero-order valence-electron chi connectivity index (χ0n) is 12.9. The van der Waals surface area contributed by atoms with E-state index < -0.39 is 0 Å². The third-order valence-corrected chi connectivity index (χ3v) is 3.86. The molecule has 1 aromatic carbocycles. The highest BCUT2D eigenvalue weighted by molar-refractivity contribution is 5.85. The van der Waals surface area contributed by atoms with Crippen molar-refractivity contribution in [2.45, 2.75) is 33.2 Å². The highest BCUT2D eigenvalue weighted by Crippen LogP contribution is 2.18. The fourth-order valence-electron chi connectivity index (χ4n) is 2.54. The number of carbonyl (C=O) groups is 1. The van der Waals surface area contributed by atoms with Crippen LogP contribution in [-0.4, -0.2) is 31.6 Å². The molecule has 4 nitrogen and oxygen atoms in total. The van der Waals surface area contributed by atoms with Crippen LogP contribution in [0.15, 0.2) is 18.2 Å². The summed E-state index contributed by atoms with van der Waals surface area (Å²) >= 11 is 0. The molecule has 2 unspecified atom stereocenters. The van der Waals surface area contributed by atoms with E-state index in [1.54, 1.807) is 0 Å². The van der Waals surface area contributed by atoms with E-state index in [0.717, 1.165) is 30.8 Å². The minimum atomic E-state index is -0.0504. The van der Waals surface area contributed by atoms with Gasteiger partial charge >= 0.3 is 0 Å². The molecule has 21 heavy (non-hydrogen) atoms. The van der Waals surface area contributed by atoms with Crippen molar-refractivity contribution in [3.63, 3.8) is 0 Å². The highest BCUT2D eigenvalue weighted by atomic mass is 35.5. The molecule has 2 atom stereocenters. The van der Waals surface area contributed by atoms with Crippen LogP contribution < -0.4 is 15.4 Å². The van der Waals surface area contributed by atoms with Gasteiger partial charge in [0.15, 0.2) is 6.61 Å². The van der Waals surface area contributed by atoms with Crippen LogP contribution in [0.3, 0.4) is 0 Å². The molecule has 0 aromatic heterocycles. The van der Waals surface area contributed by atoms with Gasteiger partial charge in [-0.2, -0.15) is 0 Å². The number of amides is 1. The first kappa shape index (κ1) is 17.8. The third kappa shape index (κ3) is 5.21. The molecule has 0 spiro atoms. The molecule has 1 aliphatic heterocycles. The molecule has 1 amide bonds. The van der Waals surface area contributed by atoms with Crippen molar-refractivity contribution >= 4 is 18.3 Å². The van der Waals surface area contributed by atoms with Gasteiger partial charge in [-0.15, -0.1) is 12.4 Å². The number of hydrogen-bond donors (Lipinski definition) is 2. The van der Waals surface area contributed by atoms with E-state index in [0.29, 0.717) is 5.92 Å². The summed E-state index contributed by atoms with van der Waals surface area (Å²) in [6, 6.07) is 6.18. The summed E-state index contributed by atoms with van der Waals surface area (Å²) < 4.78 is 5.60. The summed E-state index contributed by atoms with van der Waals surface area (Å²) in [6.45, 7) is 8.17. The fraction of sp³-hybridized carbons (Fsp3) is 0.562. The van der Waals surface area contributed by atoms with Gasteiger partial charge in [-0.1, -0.05) is 24.6 Å². The molecule has 1 aromatic rings. The van der Waals surface area contributed by atoms with Crippen molar-refractivity contribution in [2.75, 3.05) is 19.7 Å². The number of piperidine rings is 1. The van der Waals surface area contributed by atoms with E-state index in [2.05, 4.69) is 23.6 Å². The minimum Gasteiger partial charge on any atom is -0.484 e. The van der Waals surface area contributed by atoms with Gasteiger partial charge < -0.3 is 15.4 Å². The maximum atomic E-state index is 11.9. The predicted octanol–water partition coefficient (Wildman–Crippen LogP) is 2.22. The molecule has 0 saturated carbocycles. The Labute approximate surface area is 133 Å². The zero-order valence-corrected chi connectivity index (χ0v) is 13.8. The van der Waals surface area contributed by atoms with E-state index in [4.69, 9.17) is 4.74 Å². The van der Waals surface area contributed by atoms with Crippen molar-refractivity contribution in [1.29, 1.82) is 0 Å². The first-order valence-corrected chi connectivity index (χ1v) is 7.26. The van der Waals surface area contributed by atoms with Gasteiger partial charge in [-0.05, 0) is 44.4 Å². The van der Waals surface area contributed by atoms with Gasteiger partial charge in [0, 0.05) is 12.6 Å². The van der Waals surface area contributed by atoms with Gasteiger partial charge in [0.1, 0.15) is 5.75 Å². The van der Waals surface area contributed by atoms with E-state index in [1.807, 2.05) is 26.0 Å². The molecule has 0 radical (unpaired) electrons. The monoisotopic (exact) mass is 312 g/mol. The number of carbonyl (C=O) groups excluding carboxylic acids is 1. The maximum absolute atomic E-state index is 11.9. The normalized spacial score (nSPS) is 21.3. The predicted molar refractivity (Wildman–Crippen MR) is 87.2 cm³/mol. The van der Waals surface area contributed by atoms with Crippen molar-refractivity contribution in [1.82, 2.24) is 10.6 Å². The number of aryl methyl sites for hydroxylation is 2. The van der Waals surface area contributed by atoms with E-state index in [1.165, 1.54) is 5.56 Å². The molecular formula is C16H25ClN2O2. The average molecular weight is 313 g/mol. The second-order valence-electron chi connectivity index (χ2n) is 5.70. The summed E-state index contributed by atoms with van der Waals surface area (Å²) in [6.07, 6.45) is 1.10. The Morgan fingerprint density at radius 1 is 1.43 bits per heavy atom. The van der Waals surface area contributed by atoms with Crippen LogP contribution in [0.2, 0.25) is 0 Å². The Morgan fingerprint density at radius 2 is 2.19 bits per heavy atom. The summed E-state index contributed by atoms with van der Waals surface area (Å²) in [5.74, 6) is 1.24. The van der Waals surface area contributed by atoms with Crippen LogP contribution in [-0.2, 0) is 4.79 Å². The van der Waals surface area contributed by atoms with Crippen LogP contribution in [0.1, 0.15) is 24.5 Å². The SMILES string of the molecule is Cc1ccc(OCC(=O)NC2CNCCC2C)c(C)c1.Cl. The molecule has 1 aliphatic rings. The zero-order chi connectivity index (χ0) is 14.5. The molecule has 1 fully saturated rings. The van der Waals surface area contributed by atoms with Gasteiger partial charge in [-0.3, -0.25) is 4.79 Å². The standard InChI is InChI=1S/C16H24N2O2.ClH/c1-11-4-5-15(13(3)8-11)20-10-16(19)18-14-9-17-7-6-12(14)2;/h4-5,8,12,14,17H,6-7,9-10H2,1-3H3,(H,18,19);1H. The molecule has 1 heterocycles. The average Bonchev–Trinajstić information content (AvgIpc) is 2.40. The minimum absolute atomic E-state index is 0. The first-order chi connectivity index (χ1) is 9.56. The Bertz CT molecular complexity index is 479. The summed E-state index contributed by atoms with van der Waals surface area (Å²) in [5.41, 5.74) is 2.26. The second-order valence-corrected chi connectivity index (χ2v) is 5.70. The Balaban J connectivity index is 0.00000220. The lowest BCUT2D eigenvalue weighted by Crippen LogP contribution is -2.51.